The minimum absolute atomic E-state index is 0.197. The first-order chi connectivity index (χ1) is 8.65. The third-order valence-corrected chi connectivity index (χ3v) is 2.66. The molecule has 1 saturated carbocycles. The van der Waals surface area contributed by atoms with Gasteiger partial charge in [0.15, 0.2) is 0 Å². The predicted octanol–water partition coefficient (Wildman–Crippen LogP) is 1.21. The molecule has 0 bridgehead atoms. The molecule has 0 amide bonds. The lowest BCUT2D eigenvalue weighted by atomic mass is 9.95. The van der Waals surface area contributed by atoms with Crippen LogP contribution in [0.25, 0.3) is 0 Å². The Morgan fingerprint density at radius 1 is 0.889 bits per heavy atom. The number of carbonyl (C=O) groups excluding carboxylic acids is 2. The summed E-state index contributed by atoms with van der Waals surface area (Å²) in [5.74, 6) is -1.02. The molecule has 0 saturated heterocycles. The Morgan fingerprint density at radius 3 is 1.50 bits per heavy atom. The summed E-state index contributed by atoms with van der Waals surface area (Å²) in [5.41, 5.74) is 0. The van der Waals surface area contributed by atoms with Crippen molar-refractivity contribution in [1.29, 1.82) is 10.5 Å². The van der Waals surface area contributed by atoms with E-state index >= 15 is 0 Å². The van der Waals surface area contributed by atoms with Crippen LogP contribution in [0.2, 0.25) is 0 Å². The van der Waals surface area contributed by atoms with Gasteiger partial charge in [0, 0.05) is 0 Å². The summed E-state index contributed by atoms with van der Waals surface area (Å²) in [6, 6.07) is 3.46. The summed E-state index contributed by atoms with van der Waals surface area (Å²) in [5, 5.41) is 16.6. The highest BCUT2D eigenvalue weighted by atomic mass is 16.6. The molecule has 0 N–H and O–H groups in total. The molecule has 96 valence electrons. The fourth-order valence-electron chi connectivity index (χ4n) is 1.85. The van der Waals surface area contributed by atoms with Gasteiger partial charge in [-0.1, -0.05) is 0 Å². The zero-order chi connectivity index (χ0) is 13.4. The van der Waals surface area contributed by atoms with E-state index in [4.69, 9.17) is 20.0 Å². The first-order valence-electron chi connectivity index (χ1n) is 5.78. The Morgan fingerprint density at radius 2 is 1.22 bits per heavy atom. The molecule has 0 aliphatic heterocycles. The Hall–Kier alpha value is -2.08. The molecular weight excluding hydrogens is 236 g/mol. The van der Waals surface area contributed by atoms with Gasteiger partial charge in [0.05, 0.1) is 12.1 Å². The van der Waals surface area contributed by atoms with Crippen molar-refractivity contribution in [3.63, 3.8) is 0 Å². The number of ether oxygens (including phenoxy) is 2. The molecule has 0 atom stereocenters. The highest BCUT2D eigenvalue weighted by Gasteiger charge is 2.25. The zero-order valence-electron chi connectivity index (χ0n) is 9.92. The Balaban J connectivity index is 2.25. The van der Waals surface area contributed by atoms with Crippen LogP contribution in [-0.2, 0) is 19.1 Å². The van der Waals surface area contributed by atoms with Crippen LogP contribution < -0.4 is 0 Å². The van der Waals surface area contributed by atoms with Crippen molar-refractivity contribution in [2.24, 2.45) is 0 Å². The fraction of sp³-hybridized carbons (Fsp3) is 0.667. The summed E-state index contributed by atoms with van der Waals surface area (Å²) in [6.07, 6.45) is 1.58. The quantitative estimate of drug-likeness (QED) is 0.695. The van der Waals surface area contributed by atoms with E-state index in [9.17, 15) is 9.59 Å². The van der Waals surface area contributed by atoms with Gasteiger partial charge in [-0.2, -0.15) is 10.5 Å². The van der Waals surface area contributed by atoms with Crippen LogP contribution in [0, 0.1) is 22.7 Å². The van der Waals surface area contributed by atoms with Crippen molar-refractivity contribution in [3.05, 3.63) is 0 Å². The van der Waals surface area contributed by atoms with E-state index < -0.39 is 11.9 Å². The van der Waals surface area contributed by atoms with Crippen LogP contribution in [-0.4, -0.2) is 24.1 Å². The van der Waals surface area contributed by atoms with Crippen LogP contribution in [0.4, 0.5) is 0 Å². The molecule has 0 spiro atoms. The third-order valence-electron chi connectivity index (χ3n) is 2.66. The topological polar surface area (TPSA) is 100 Å². The second kappa shape index (κ2) is 7.29. The molecule has 6 heteroatoms. The largest absolute Gasteiger partial charge is 0.462 e. The smallest absolute Gasteiger partial charge is 0.320 e. The van der Waals surface area contributed by atoms with Gasteiger partial charge in [-0.05, 0) is 25.7 Å². The number of hydrogen-bond acceptors (Lipinski definition) is 6. The molecule has 1 rings (SSSR count). The molecule has 1 aliphatic rings. The summed E-state index contributed by atoms with van der Waals surface area (Å²) in [7, 11) is 0. The van der Waals surface area contributed by atoms with Crippen molar-refractivity contribution in [2.45, 2.75) is 50.7 Å². The maximum Gasteiger partial charge on any atom is 0.320 e. The van der Waals surface area contributed by atoms with Crippen LogP contribution in [0.3, 0.4) is 0 Å². The van der Waals surface area contributed by atoms with Crippen molar-refractivity contribution < 1.29 is 19.1 Å². The minimum Gasteiger partial charge on any atom is -0.462 e. The predicted molar refractivity (Wildman–Crippen MR) is 58.7 cm³/mol. The monoisotopic (exact) mass is 250 g/mol. The maximum absolute atomic E-state index is 11.1. The summed E-state index contributed by atoms with van der Waals surface area (Å²) >= 11 is 0. The van der Waals surface area contributed by atoms with E-state index in [0.29, 0.717) is 25.7 Å². The number of esters is 2. The average Bonchev–Trinajstić information content (AvgIpc) is 2.32. The number of rotatable bonds is 4. The molecule has 0 aromatic heterocycles. The number of nitrogens with zero attached hydrogens (tertiary/aromatic N) is 2. The minimum atomic E-state index is -0.512. The molecule has 0 heterocycles. The van der Waals surface area contributed by atoms with Crippen LogP contribution >= 0.6 is 0 Å². The highest BCUT2D eigenvalue weighted by Crippen LogP contribution is 2.24. The summed E-state index contributed by atoms with van der Waals surface area (Å²) in [4.78, 5) is 22.2. The lowest BCUT2D eigenvalue weighted by Crippen LogP contribution is -2.29. The van der Waals surface area contributed by atoms with Gasteiger partial charge in [-0.25, -0.2) is 0 Å². The average molecular weight is 250 g/mol. The second-order valence-corrected chi connectivity index (χ2v) is 4.05. The van der Waals surface area contributed by atoms with Crippen LogP contribution in [0.1, 0.15) is 38.5 Å². The number of nitriles is 2. The molecule has 18 heavy (non-hydrogen) atoms. The van der Waals surface area contributed by atoms with E-state index in [2.05, 4.69) is 0 Å². The van der Waals surface area contributed by atoms with E-state index in [1.807, 2.05) is 0 Å². The van der Waals surface area contributed by atoms with Gasteiger partial charge in [0.2, 0.25) is 0 Å². The number of hydrogen-bond donors (Lipinski definition) is 0. The van der Waals surface area contributed by atoms with Gasteiger partial charge in [-0.15, -0.1) is 0 Å². The lowest BCUT2D eigenvalue weighted by molar-refractivity contribution is -0.157. The summed E-state index contributed by atoms with van der Waals surface area (Å²) in [6.45, 7) is 0. The van der Waals surface area contributed by atoms with Crippen LogP contribution in [0.5, 0.6) is 0 Å². The first kappa shape index (κ1) is 14.0. The van der Waals surface area contributed by atoms with Gasteiger partial charge >= 0.3 is 11.9 Å². The third kappa shape index (κ3) is 4.84. The molecule has 1 fully saturated rings. The number of carbonyl (C=O) groups is 2. The Kier molecular flexibility index (Phi) is 5.66. The molecule has 0 aromatic rings. The van der Waals surface area contributed by atoms with E-state index in [1.165, 1.54) is 0 Å². The highest BCUT2D eigenvalue weighted by molar-refractivity contribution is 5.72. The molecular formula is C12H14N2O4. The van der Waals surface area contributed by atoms with E-state index in [1.54, 1.807) is 12.1 Å². The Bertz CT molecular complexity index is 348. The molecule has 1 aliphatic carbocycles. The standard InChI is InChI=1S/C12H14N2O4/c13-7-5-11(15)17-9-1-2-10(4-3-9)18-12(16)6-8-14/h9-10H,1-6H2. The SMILES string of the molecule is N#CCC(=O)OC1CCC(OC(=O)CC#N)CC1. The Labute approximate surface area is 105 Å². The van der Waals surface area contributed by atoms with Crippen molar-refractivity contribution in [1.82, 2.24) is 0 Å². The fourth-order valence-corrected chi connectivity index (χ4v) is 1.85. The van der Waals surface area contributed by atoms with Crippen LogP contribution in [0.15, 0.2) is 0 Å². The molecule has 0 radical (unpaired) electrons. The van der Waals surface area contributed by atoms with Gasteiger partial charge in [0.1, 0.15) is 25.0 Å². The van der Waals surface area contributed by atoms with Crippen molar-refractivity contribution in [3.8, 4) is 12.1 Å². The molecule has 6 nitrogen and oxygen atoms in total. The first-order valence-corrected chi connectivity index (χ1v) is 5.78. The van der Waals surface area contributed by atoms with E-state index in [-0.39, 0.29) is 25.0 Å². The van der Waals surface area contributed by atoms with Gasteiger partial charge < -0.3 is 9.47 Å². The second-order valence-electron chi connectivity index (χ2n) is 4.05. The molecule has 0 aromatic carbocycles. The van der Waals surface area contributed by atoms with Gasteiger partial charge in [-0.3, -0.25) is 9.59 Å². The van der Waals surface area contributed by atoms with E-state index in [0.717, 1.165) is 0 Å². The normalized spacial score (nSPS) is 22.3. The maximum atomic E-state index is 11.1. The van der Waals surface area contributed by atoms with Crippen molar-refractivity contribution >= 4 is 11.9 Å². The summed E-state index contributed by atoms with van der Waals surface area (Å²) < 4.78 is 10.2. The molecule has 0 unspecified atom stereocenters. The zero-order valence-corrected chi connectivity index (χ0v) is 9.92. The van der Waals surface area contributed by atoms with Gasteiger partial charge in [0.25, 0.3) is 0 Å². The lowest BCUT2D eigenvalue weighted by Gasteiger charge is -2.27. The van der Waals surface area contributed by atoms with Crippen molar-refractivity contribution in [2.75, 3.05) is 0 Å².